The first-order valence-electron chi connectivity index (χ1n) is 16.2. The zero-order valence-electron chi connectivity index (χ0n) is 28.0. The third kappa shape index (κ3) is 14.4. The zero-order chi connectivity index (χ0) is 31.3. The molecule has 2 aliphatic carbocycles. The molecule has 0 amide bonds. The van der Waals surface area contributed by atoms with Crippen molar-refractivity contribution in [3.05, 3.63) is 28.9 Å². The van der Waals surface area contributed by atoms with Crippen LogP contribution in [-0.2, 0) is 4.74 Å². The highest BCUT2D eigenvalue weighted by Crippen LogP contribution is 2.61. The van der Waals surface area contributed by atoms with Crippen molar-refractivity contribution in [3.63, 3.8) is 0 Å². The maximum Gasteiger partial charge on any atom is 0.254 e. The summed E-state index contributed by atoms with van der Waals surface area (Å²) in [5.74, 6) is -1.17. The van der Waals surface area contributed by atoms with Gasteiger partial charge in [-0.3, -0.25) is 9.78 Å². The van der Waals surface area contributed by atoms with Gasteiger partial charge in [-0.1, -0.05) is 71.8 Å². The molecule has 6 heteroatoms. The van der Waals surface area contributed by atoms with Crippen LogP contribution >= 0.6 is 0 Å². The van der Waals surface area contributed by atoms with Crippen LogP contribution in [0.15, 0.2) is 11.8 Å². The number of carbonyl (C=O) groups is 1. The van der Waals surface area contributed by atoms with Gasteiger partial charge in [-0.05, 0) is 84.6 Å². The van der Waals surface area contributed by atoms with Crippen LogP contribution in [-0.4, -0.2) is 33.9 Å². The van der Waals surface area contributed by atoms with Gasteiger partial charge in [0.1, 0.15) is 5.69 Å². The molecule has 0 spiro atoms. The fourth-order valence-corrected chi connectivity index (χ4v) is 4.52. The molecule has 1 aromatic heterocycles. The fourth-order valence-electron chi connectivity index (χ4n) is 4.52. The highest BCUT2D eigenvalue weighted by atomic mass is 19.3. The number of Topliss-reactive ketones (excluding diaryl/α,β-unsaturated/α-hetero) is 1. The Labute approximate surface area is 250 Å². The molecule has 3 rings (SSSR count). The van der Waals surface area contributed by atoms with Crippen LogP contribution < -0.4 is 0 Å². The number of nitrogens with zero attached hydrogens (tertiary/aromatic N) is 2. The van der Waals surface area contributed by atoms with Crippen LogP contribution in [0.5, 0.6) is 0 Å². The Kier molecular flexibility index (Phi) is 15.9. The van der Waals surface area contributed by atoms with Gasteiger partial charge in [0.05, 0.1) is 35.2 Å². The third-order valence-corrected chi connectivity index (χ3v) is 8.05. The Bertz CT molecular complexity index is 936. The summed E-state index contributed by atoms with van der Waals surface area (Å²) in [6.07, 6.45) is 15.3. The summed E-state index contributed by atoms with van der Waals surface area (Å²) in [4.78, 5) is 21.4. The van der Waals surface area contributed by atoms with E-state index in [1.807, 2.05) is 0 Å². The molecular formula is C35H60F2N2O2. The summed E-state index contributed by atoms with van der Waals surface area (Å²) in [6, 6.07) is 0. The number of carbonyl (C=O) groups excluding carboxylic acids is 1. The molecule has 2 aliphatic rings. The number of hydrogen-bond acceptors (Lipinski definition) is 4. The predicted octanol–water partition coefficient (Wildman–Crippen LogP) is 10.8. The van der Waals surface area contributed by atoms with Gasteiger partial charge in [0.2, 0.25) is 0 Å². The number of ketones is 1. The summed E-state index contributed by atoms with van der Waals surface area (Å²) in [5.41, 5.74) is 0.950. The van der Waals surface area contributed by atoms with Gasteiger partial charge in [-0.15, -0.1) is 0 Å². The molecule has 1 unspecified atom stereocenters. The number of unbranched alkanes of at least 4 members (excludes halogenated alkanes) is 2. The maximum atomic E-state index is 14.0. The Hall–Kier alpha value is -1.69. The summed E-state index contributed by atoms with van der Waals surface area (Å²) in [5, 5.41) is 0. The van der Waals surface area contributed by atoms with E-state index in [9.17, 15) is 13.6 Å². The Morgan fingerprint density at radius 1 is 1.07 bits per heavy atom. The van der Waals surface area contributed by atoms with Gasteiger partial charge in [0, 0.05) is 13.3 Å². The minimum Gasteiger partial charge on any atom is -0.376 e. The summed E-state index contributed by atoms with van der Waals surface area (Å²) in [6.45, 7) is 20.3. The highest BCUT2D eigenvalue weighted by Gasteiger charge is 2.59. The number of rotatable bonds is 14. The van der Waals surface area contributed by atoms with E-state index in [0.717, 1.165) is 51.6 Å². The van der Waals surface area contributed by atoms with Crippen LogP contribution in [0.3, 0.4) is 0 Å². The molecule has 0 N–H and O–H groups in total. The second-order valence-corrected chi connectivity index (χ2v) is 13.5. The highest BCUT2D eigenvalue weighted by molar-refractivity contribution is 5.94. The van der Waals surface area contributed by atoms with Crippen molar-refractivity contribution >= 4 is 11.9 Å². The van der Waals surface area contributed by atoms with E-state index in [4.69, 9.17) is 4.74 Å². The Morgan fingerprint density at radius 2 is 1.66 bits per heavy atom. The number of alkyl halides is 2. The number of aromatic nitrogens is 2. The second-order valence-electron chi connectivity index (χ2n) is 13.5. The first-order chi connectivity index (χ1) is 19.1. The lowest BCUT2D eigenvalue weighted by atomic mass is 9.90. The SMILES string of the molecule is CC1CC1.CCCC.CCCC(CCCCC(=O)c1cnc(/C=C(\C)C2(C(C)(F)F)CC2)c(C)n1)COC(C)(C)C. The smallest absolute Gasteiger partial charge is 0.254 e. The quantitative estimate of drug-likeness (QED) is 0.163. The molecule has 0 aliphatic heterocycles. The lowest BCUT2D eigenvalue weighted by molar-refractivity contribution is -0.0378. The number of hydrogen-bond donors (Lipinski definition) is 0. The van der Waals surface area contributed by atoms with Crippen LogP contribution in [0.25, 0.3) is 6.08 Å². The molecule has 1 heterocycles. The average molecular weight is 579 g/mol. The first-order valence-corrected chi connectivity index (χ1v) is 16.2. The van der Waals surface area contributed by atoms with Gasteiger partial charge in [-0.2, -0.15) is 0 Å². The molecule has 1 aromatic rings. The summed E-state index contributed by atoms with van der Waals surface area (Å²) in [7, 11) is 0. The number of ether oxygens (including phenoxy) is 1. The molecule has 2 fully saturated rings. The van der Waals surface area contributed by atoms with Gasteiger partial charge >= 0.3 is 0 Å². The molecule has 2 saturated carbocycles. The van der Waals surface area contributed by atoms with E-state index in [2.05, 4.69) is 58.4 Å². The van der Waals surface area contributed by atoms with E-state index in [0.29, 0.717) is 47.8 Å². The van der Waals surface area contributed by atoms with Crippen molar-refractivity contribution in [2.45, 2.75) is 158 Å². The second kappa shape index (κ2) is 17.4. The topological polar surface area (TPSA) is 52.1 Å². The molecule has 0 bridgehead atoms. The van der Waals surface area contributed by atoms with E-state index in [-0.39, 0.29) is 11.4 Å². The molecule has 4 nitrogen and oxygen atoms in total. The van der Waals surface area contributed by atoms with Crippen molar-refractivity contribution in [2.24, 2.45) is 17.3 Å². The standard InChI is InChI=1S/C27H42F2N2O2.C4H8.C4H10/c1-8-11-21(18-33-25(4,5)6)12-9-10-13-24(32)23-17-30-22(20(3)31-23)16-19(2)27(14-15-27)26(7,28)29;1-4-2-3-4;1-3-4-2/h16-17,21H,8-15,18H2,1-7H3;4H,2-3H2,1H3;3-4H2,1-2H3/b19-16+;;. The maximum absolute atomic E-state index is 14.0. The molecule has 236 valence electrons. The van der Waals surface area contributed by atoms with Crippen LogP contribution in [0.4, 0.5) is 8.78 Å². The van der Waals surface area contributed by atoms with E-state index < -0.39 is 11.3 Å². The van der Waals surface area contributed by atoms with Crippen LogP contribution in [0.2, 0.25) is 0 Å². The zero-order valence-corrected chi connectivity index (χ0v) is 28.0. The minimum atomic E-state index is -2.75. The lowest BCUT2D eigenvalue weighted by Gasteiger charge is -2.24. The van der Waals surface area contributed by atoms with Crippen molar-refractivity contribution in [1.82, 2.24) is 9.97 Å². The van der Waals surface area contributed by atoms with Crippen LogP contribution in [0, 0.1) is 24.2 Å². The van der Waals surface area contributed by atoms with Crippen molar-refractivity contribution in [3.8, 4) is 0 Å². The van der Waals surface area contributed by atoms with Crippen molar-refractivity contribution < 1.29 is 18.3 Å². The first kappa shape index (κ1) is 37.3. The molecule has 0 aromatic carbocycles. The molecule has 1 atom stereocenters. The fraction of sp³-hybridized carbons (Fsp3) is 0.800. The van der Waals surface area contributed by atoms with Gasteiger partial charge in [0.25, 0.3) is 5.92 Å². The molecule has 41 heavy (non-hydrogen) atoms. The van der Waals surface area contributed by atoms with E-state index in [1.54, 1.807) is 19.9 Å². The predicted molar refractivity (Wildman–Crippen MR) is 169 cm³/mol. The molecule has 0 saturated heterocycles. The average Bonchev–Trinajstić information content (AvgIpc) is 3.82. The Morgan fingerprint density at radius 3 is 2.07 bits per heavy atom. The van der Waals surface area contributed by atoms with Gasteiger partial charge in [0.15, 0.2) is 5.78 Å². The minimum absolute atomic E-state index is 0.0189. The number of halogens is 2. The number of aryl methyl sites for hydroxylation is 1. The third-order valence-electron chi connectivity index (χ3n) is 8.05. The van der Waals surface area contributed by atoms with E-state index >= 15 is 0 Å². The van der Waals surface area contributed by atoms with E-state index in [1.165, 1.54) is 31.9 Å². The van der Waals surface area contributed by atoms with Crippen molar-refractivity contribution in [2.75, 3.05) is 6.61 Å². The molecule has 0 radical (unpaired) electrons. The monoisotopic (exact) mass is 578 g/mol. The van der Waals surface area contributed by atoms with Gasteiger partial charge < -0.3 is 4.74 Å². The largest absolute Gasteiger partial charge is 0.376 e. The van der Waals surface area contributed by atoms with Crippen molar-refractivity contribution in [1.29, 1.82) is 0 Å². The van der Waals surface area contributed by atoms with Gasteiger partial charge in [-0.25, -0.2) is 13.8 Å². The lowest BCUT2D eigenvalue weighted by Crippen LogP contribution is -2.27. The summed E-state index contributed by atoms with van der Waals surface area (Å²) >= 11 is 0. The number of allylic oxidation sites excluding steroid dienone is 1. The van der Waals surface area contributed by atoms with Crippen LogP contribution in [0.1, 0.15) is 161 Å². The summed E-state index contributed by atoms with van der Waals surface area (Å²) < 4.78 is 33.9. The normalized spacial score (nSPS) is 17.1. The Balaban J connectivity index is 0.000000910. The molecular weight excluding hydrogens is 518 g/mol.